The molecule has 10 nitrogen and oxygen atoms in total. The van der Waals surface area contributed by atoms with Crippen molar-refractivity contribution in [1.29, 1.82) is 0 Å². The Kier molecular flexibility index (Phi) is 6.73. The zero-order valence-corrected chi connectivity index (χ0v) is 19.7. The molecule has 0 aliphatic carbocycles. The van der Waals surface area contributed by atoms with Crippen LogP contribution in [0.25, 0.3) is 11.0 Å². The third-order valence-electron chi connectivity index (χ3n) is 5.83. The van der Waals surface area contributed by atoms with Crippen LogP contribution in [0, 0.1) is 12.8 Å². The Labute approximate surface area is 193 Å². The fraction of sp³-hybridized carbons (Fsp3) is 0.522. The van der Waals surface area contributed by atoms with E-state index in [2.05, 4.69) is 24.1 Å². The number of hydrogen-bond acceptors (Lipinski definition) is 8. The van der Waals surface area contributed by atoms with E-state index in [4.69, 9.17) is 25.5 Å². The first-order valence-corrected chi connectivity index (χ1v) is 11.5. The van der Waals surface area contributed by atoms with Crippen molar-refractivity contribution in [3.05, 3.63) is 29.6 Å². The lowest BCUT2D eigenvalue weighted by molar-refractivity contribution is -0.121. The van der Waals surface area contributed by atoms with Gasteiger partial charge in [-0.15, -0.1) is 0 Å². The number of nitrogens with one attached hydrogen (secondary N) is 1. The van der Waals surface area contributed by atoms with Crippen molar-refractivity contribution in [2.45, 2.75) is 46.6 Å². The Balaban J connectivity index is 1.82. The van der Waals surface area contributed by atoms with Gasteiger partial charge in [-0.3, -0.25) is 9.48 Å². The van der Waals surface area contributed by atoms with E-state index in [1.54, 1.807) is 0 Å². The number of rotatable bonds is 9. The van der Waals surface area contributed by atoms with Crippen LogP contribution >= 0.6 is 0 Å². The maximum atomic E-state index is 11.7. The molecule has 1 atom stereocenters. The number of carbonyl (C=O) groups is 1. The minimum atomic E-state index is -0.285. The number of aromatic nitrogens is 5. The first-order chi connectivity index (χ1) is 15.9. The molecule has 3 N–H and O–H groups in total. The van der Waals surface area contributed by atoms with Gasteiger partial charge in [0.05, 0.1) is 24.8 Å². The Morgan fingerprint density at radius 1 is 1.33 bits per heavy atom. The Hall–Kier alpha value is -3.27. The second-order valence-corrected chi connectivity index (χ2v) is 8.71. The molecule has 3 aromatic rings. The minimum absolute atomic E-state index is 0.172. The zero-order chi connectivity index (χ0) is 23.5. The molecule has 1 saturated heterocycles. The second kappa shape index (κ2) is 9.70. The van der Waals surface area contributed by atoms with Crippen molar-refractivity contribution in [1.82, 2.24) is 24.7 Å². The first kappa shape index (κ1) is 22.9. The Bertz CT molecular complexity index is 1130. The standard InChI is InChI=1S/C23H32N8O2/c1-5-33-11-10-31-20-19(18(29-31)14(2)3)27-23(30-9-8-16(13-30)21(24)32)28-22(20)26-17-7-6-15(4)12-25-17/h6-7,12,14,16H,5,8-11,13H2,1-4H3,(H2,24,32)(H,25,26,27,28)/t16-/m1/s1. The van der Waals surface area contributed by atoms with E-state index in [-0.39, 0.29) is 17.7 Å². The Morgan fingerprint density at radius 3 is 2.79 bits per heavy atom. The first-order valence-electron chi connectivity index (χ1n) is 11.5. The smallest absolute Gasteiger partial charge is 0.228 e. The summed E-state index contributed by atoms with van der Waals surface area (Å²) in [6.45, 7) is 11.1. The molecule has 4 rings (SSSR count). The molecule has 1 aliphatic heterocycles. The summed E-state index contributed by atoms with van der Waals surface area (Å²) in [6.07, 6.45) is 2.51. The maximum Gasteiger partial charge on any atom is 0.228 e. The number of carbonyl (C=O) groups excluding carboxylic acids is 1. The predicted molar refractivity (Wildman–Crippen MR) is 128 cm³/mol. The molecular weight excluding hydrogens is 420 g/mol. The van der Waals surface area contributed by atoms with Crippen LogP contribution < -0.4 is 16.0 Å². The normalized spacial score (nSPS) is 16.2. The van der Waals surface area contributed by atoms with Gasteiger partial charge in [0.15, 0.2) is 5.82 Å². The van der Waals surface area contributed by atoms with Gasteiger partial charge in [0, 0.05) is 25.9 Å². The van der Waals surface area contributed by atoms with Crippen LogP contribution in [-0.2, 0) is 16.1 Å². The summed E-state index contributed by atoms with van der Waals surface area (Å²) in [4.78, 5) is 28.0. The van der Waals surface area contributed by atoms with Crippen molar-refractivity contribution in [2.75, 3.05) is 36.5 Å². The molecule has 4 heterocycles. The topological polar surface area (TPSA) is 124 Å². The molecule has 0 radical (unpaired) electrons. The highest BCUT2D eigenvalue weighted by atomic mass is 16.5. The van der Waals surface area contributed by atoms with E-state index in [9.17, 15) is 4.79 Å². The van der Waals surface area contributed by atoms with Gasteiger partial charge in [-0.05, 0) is 37.8 Å². The van der Waals surface area contributed by atoms with Crippen LogP contribution in [0.2, 0.25) is 0 Å². The van der Waals surface area contributed by atoms with Crippen LogP contribution in [0.1, 0.15) is 44.4 Å². The van der Waals surface area contributed by atoms with Crippen LogP contribution in [0.5, 0.6) is 0 Å². The van der Waals surface area contributed by atoms with Crippen LogP contribution in [0.4, 0.5) is 17.6 Å². The monoisotopic (exact) mass is 452 g/mol. The zero-order valence-electron chi connectivity index (χ0n) is 19.7. The molecule has 0 aromatic carbocycles. The minimum Gasteiger partial charge on any atom is -0.380 e. The number of aryl methyl sites for hydroxylation is 1. The summed E-state index contributed by atoms with van der Waals surface area (Å²) < 4.78 is 7.49. The van der Waals surface area contributed by atoms with E-state index in [0.717, 1.165) is 22.3 Å². The van der Waals surface area contributed by atoms with E-state index in [1.165, 1.54) is 0 Å². The van der Waals surface area contributed by atoms with Gasteiger partial charge in [0.1, 0.15) is 16.9 Å². The summed E-state index contributed by atoms with van der Waals surface area (Å²) in [5, 5.41) is 8.24. The van der Waals surface area contributed by atoms with Gasteiger partial charge in [-0.1, -0.05) is 19.9 Å². The highest BCUT2D eigenvalue weighted by Gasteiger charge is 2.30. The molecule has 1 fully saturated rings. The van der Waals surface area contributed by atoms with Crippen molar-refractivity contribution < 1.29 is 9.53 Å². The third kappa shape index (κ3) is 4.90. The lowest BCUT2D eigenvalue weighted by atomic mass is 10.1. The van der Waals surface area contributed by atoms with Gasteiger partial charge in [0.2, 0.25) is 11.9 Å². The highest BCUT2D eigenvalue weighted by Crippen LogP contribution is 2.32. The van der Waals surface area contributed by atoms with Crippen LogP contribution in [0.15, 0.2) is 18.3 Å². The molecule has 3 aromatic heterocycles. The molecule has 1 amide bonds. The predicted octanol–water partition coefficient (Wildman–Crippen LogP) is 2.74. The van der Waals surface area contributed by atoms with Gasteiger partial charge in [-0.2, -0.15) is 10.1 Å². The molecule has 33 heavy (non-hydrogen) atoms. The van der Waals surface area contributed by atoms with E-state index in [0.29, 0.717) is 56.9 Å². The maximum absolute atomic E-state index is 11.7. The molecule has 176 valence electrons. The number of anilines is 3. The van der Waals surface area contributed by atoms with Gasteiger partial charge >= 0.3 is 0 Å². The van der Waals surface area contributed by atoms with E-state index in [1.807, 2.05) is 41.8 Å². The lowest BCUT2D eigenvalue weighted by Crippen LogP contribution is -2.28. The quantitative estimate of drug-likeness (QED) is 0.475. The highest BCUT2D eigenvalue weighted by molar-refractivity contribution is 5.91. The molecule has 0 unspecified atom stereocenters. The largest absolute Gasteiger partial charge is 0.380 e. The Morgan fingerprint density at radius 2 is 2.15 bits per heavy atom. The van der Waals surface area contributed by atoms with Crippen LogP contribution in [0.3, 0.4) is 0 Å². The number of pyridine rings is 1. The fourth-order valence-electron chi connectivity index (χ4n) is 4.01. The summed E-state index contributed by atoms with van der Waals surface area (Å²) >= 11 is 0. The van der Waals surface area contributed by atoms with Crippen LogP contribution in [-0.4, -0.2) is 56.9 Å². The van der Waals surface area contributed by atoms with Crippen molar-refractivity contribution in [3.8, 4) is 0 Å². The van der Waals surface area contributed by atoms with Crippen molar-refractivity contribution >= 4 is 34.5 Å². The molecular formula is C23H32N8O2. The number of ether oxygens (including phenoxy) is 1. The molecule has 10 heteroatoms. The van der Waals surface area contributed by atoms with Crippen molar-refractivity contribution in [3.63, 3.8) is 0 Å². The van der Waals surface area contributed by atoms with Crippen molar-refractivity contribution in [2.24, 2.45) is 11.7 Å². The number of nitrogens with zero attached hydrogens (tertiary/aromatic N) is 6. The van der Waals surface area contributed by atoms with E-state index >= 15 is 0 Å². The molecule has 0 saturated carbocycles. The fourth-order valence-corrected chi connectivity index (χ4v) is 4.01. The average Bonchev–Trinajstić information content (AvgIpc) is 3.41. The summed E-state index contributed by atoms with van der Waals surface area (Å²) in [7, 11) is 0. The number of fused-ring (bicyclic) bond motifs is 1. The third-order valence-corrected chi connectivity index (χ3v) is 5.83. The molecule has 1 aliphatic rings. The summed E-state index contributed by atoms with van der Waals surface area (Å²) in [5.74, 6) is 1.57. The molecule has 0 bridgehead atoms. The van der Waals surface area contributed by atoms with Gasteiger partial charge in [-0.25, -0.2) is 9.97 Å². The van der Waals surface area contributed by atoms with Gasteiger partial charge < -0.3 is 20.7 Å². The number of nitrogens with two attached hydrogens (primary N) is 1. The number of amides is 1. The second-order valence-electron chi connectivity index (χ2n) is 8.71. The SMILES string of the molecule is CCOCCn1nc(C(C)C)c2nc(N3CC[C@@H](C(N)=O)C3)nc(Nc3ccc(C)cn3)c21. The lowest BCUT2D eigenvalue weighted by Gasteiger charge is -2.18. The average molecular weight is 453 g/mol. The summed E-state index contributed by atoms with van der Waals surface area (Å²) in [6, 6.07) is 3.92. The number of hydrogen-bond donors (Lipinski definition) is 2. The van der Waals surface area contributed by atoms with Gasteiger partial charge in [0.25, 0.3) is 0 Å². The summed E-state index contributed by atoms with van der Waals surface area (Å²) in [5.41, 5.74) is 9.13. The van der Waals surface area contributed by atoms with E-state index < -0.39 is 0 Å². The molecule has 0 spiro atoms. The number of primary amides is 1.